The predicted molar refractivity (Wildman–Crippen MR) is 88.0 cm³/mol. The van der Waals surface area contributed by atoms with Crippen molar-refractivity contribution < 1.29 is 8.42 Å². The molecule has 112 valence electrons. The molecule has 1 saturated carbocycles. The quantitative estimate of drug-likeness (QED) is 0.733. The van der Waals surface area contributed by atoms with E-state index in [1.165, 1.54) is 0 Å². The number of hydrogen-bond donors (Lipinski definition) is 1. The fourth-order valence-electron chi connectivity index (χ4n) is 2.14. The van der Waals surface area contributed by atoms with Crippen LogP contribution in [0.2, 0.25) is 0 Å². The summed E-state index contributed by atoms with van der Waals surface area (Å²) < 4.78 is 28.7. The minimum Gasteiger partial charge on any atom is -0.398 e. The molecule has 0 bridgehead atoms. The van der Waals surface area contributed by atoms with E-state index in [-0.39, 0.29) is 22.5 Å². The van der Waals surface area contributed by atoms with Gasteiger partial charge in [-0.15, -0.1) is 0 Å². The molecule has 0 aromatic heterocycles. The molecule has 1 aromatic rings. The maximum absolute atomic E-state index is 12.9. The van der Waals surface area contributed by atoms with Crippen molar-refractivity contribution in [2.75, 3.05) is 12.3 Å². The van der Waals surface area contributed by atoms with E-state index in [1.54, 1.807) is 16.4 Å². The van der Waals surface area contributed by atoms with Gasteiger partial charge in [-0.2, -0.15) is 4.31 Å². The Labute approximate surface area is 137 Å². The zero-order valence-electron chi connectivity index (χ0n) is 11.4. The van der Waals surface area contributed by atoms with Gasteiger partial charge < -0.3 is 5.73 Å². The lowest BCUT2D eigenvalue weighted by Crippen LogP contribution is -2.36. The summed E-state index contributed by atoms with van der Waals surface area (Å²) in [7, 11) is -3.57. The molecule has 0 amide bonds. The van der Waals surface area contributed by atoms with Crippen molar-refractivity contribution in [2.24, 2.45) is 5.92 Å². The minimum absolute atomic E-state index is 0.123. The first-order valence-corrected chi connectivity index (χ1v) is 9.52. The summed E-state index contributed by atoms with van der Waals surface area (Å²) in [5.41, 5.74) is 6.20. The smallest absolute Gasteiger partial charge is 0.246 e. The van der Waals surface area contributed by atoms with Gasteiger partial charge in [-0.1, -0.05) is 29.8 Å². The third-order valence-corrected chi connectivity index (χ3v) is 6.48. The highest BCUT2D eigenvalue weighted by molar-refractivity contribution is 9.11. The van der Waals surface area contributed by atoms with Crippen molar-refractivity contribution in [1.29, 1.82) is 0 Å². The second-order valence-corrected chi connectivity index (χ2v) is 9.10. The lowest BCUT2D eigenvalue weighted by atomic mass is 10.2. The number of sulfonamides is 1. The minimum atomic E-state index is -3.57. The van der Waals surface area contributed by atoms with Crippen LogP contribution in [0.15, 0.2) is 26.0 Å². The number of rotatable bonds is 5. The summed E-state index contributed by atoms with van der Waals surface area (Å²) in [6, 6.07) is 3.46. The molecule has 2 rings (SSSR count). The van der Waals surface area contributed by atoms with Gasteiger partial charge in [0.15, 0.2) is 0 Å². The van der Waals surface area contributed by atoms with Gasteiger partial charge in [0.1, 0.15) is 4.90 Å². The summed E-state index contributed by atoms with van der Waals surface area (Å²) in [6.07, 6.45) is 1.86. The Kier molecular flexibility index (Phi) is 4.83. The number of benzene rings is 1. The fourth-order valence-corrected chi connectivity index (χ4v) is 6.00. The monoisotopic (exact) mass is 424 g/mol. The summed E-state index contributed by atoms with van der Waals surface area (Å²) in [5, 5.41) is 0. The van der Waals surface area contributed by atoms with Gasteiger partial charge in [0.2, 0.25) is 10.0 Å². The standard InChI is InChI=1S/C13H18Br2N2O2S/c1-8(2)7-17(10-3-4-10)20(18,19)13-11(15)5-9(14)6-12(13)16/h5-6,8,10H,3-4,7,16H2,1-2H3. The van der Waals surface area contributed by atoms with E-state index in [4.69, 9.17) is 5.73 Å². The van der Waals surface area contributed by atoms with Crippen molar-refractivity contribution in [3.63, 3.8) is 0 Å². The van der Waals surface area contributed by atoms with Crippen LogP contribution in [0.25, 0.3) is 0 Å². The van der Waals surface area contributed by atoms with Crippen molar-refractivity contribution in [1.82, 2.24) is 4.31 Å². The summed E-state index contributed by atoms with van der Waals surface area (Å²) >= 11 is 6.64. The van der Waals surface area contributed by atoms with E-state index in [2.05, 4.69) is 31.9 Å². The van der Waals surface area contributed by atoms with Crippen LogP contribution in [0.3, 0.4) is 0 Å². The highest BCUT2D eigenvalue weighted by Gasteiger charge is 2.39. The average molecular weight is 426 g/mol. The van der Waals surface area contributed by atoms with Crippen LogP contribution in [0.5, 0.6) is 0 Å². The molecule has 0 aliphatic heterocycles. The number of nitrogen functional groups attached to an aromatic ring is 1. The van der Waals surface area contributed by atoms with Crippen LogP contribution in [-0.4, -0.2) is 25.3 Å². The zero-order chi connectivity index (χ0) is 15.1. The first kappa shape index (κ1) is 16.3. The van der Waals surface area contributed by atoms with E-state index in [0.717, 1.165) is 17.3 Å². The molecule has 1 aliphatic rings. The Morgan fingerprint density at radius 1 is 1.35 bits per heavy atom. The molecule has 7 heteroatoms. The first-order valence-electron chi connectivity index (χ1n) is 6.50. The van der Waals surface area contributed by atoms with Gasteiger partial charge >= 0.3 is 0 Å². The molecule has 0 saturated heterocycles. The van der Waals surface area contributed by atoms with Gasteiger partial charge in [-0.3, -0.25) is 0 Å². The molecular formula is C13H18Br2N2O2S. The highest BCUT2D eigenvalue weighted by atomic mass is 79.9. The molecule has 2 N–H and O–H groups in total. The zero-order valence-corrected chi connectivity index (χ0v) is 15.4. The molecule has 20 heavy (non-hydrogen) atoms. The number of nitrogens with two attached hydrogens (primary N) is 1. The predicted octanol–water partition coefficient (Wildman–Crippen LogP) is 3.60. The Balaban J connectivity index is 2.48. The molecule has 0 unspecified atom stereocenters. The molecule has 0 heterocycles. The van der Waals surface area contributed by atoms with Crippen LogP contribution in [0.4, 0.5) is 5.69 Å². The lowest BCUT2D eigenvalue weighted by Gasteiger charge is -2.25. The summed E-state index contributed by atoms with van der Waals surface area (Å²) in [4.78, 5) is 0.174. The summed E-state index contributed by atoms with van der Waals surface area (Å²) in [6.45, 7) is 4.56. The topological polar surface area (TPSA) is 63.4 Å². The number of anilines is 1. The van der Waals surface area contributed by atoms with Crippen molar-refractivity contribution in [3.05, 3.63) is 21.1 Å². The van der Waals surface area contributed by atoms with Crippen LogP contribution in [0, 0.1) is 5.92 Å². The molecule has 1 fully saturated rings. The van der Waals surface area contributed by atoms with Crippen molar-refractivity contribution >= 4 is 47.6 Å². The van der Waals surface area contributed by atoms with Crippen LogP contribution >= 0.6 is 31.9 Å². The fraction of sp³-hybridized carbons (Fsp3) is 0.538. The third-order valence-electron chi connectivity index (χ3n) is 3.10. The largest absolute Gasteiger partial charge is 0.398 e. The molecule has 1 aliphatic carbocycles. The van der Waals surface area contributed by atoms with Crippen molar-refractivity contribution in [2.45, 2.75) is 37.6 Å². The van der Waals surface area contributed by atoms with Crippen LogP contribution in [0.1, 0.15) is 26.7 Å². The second kappa shape index (κ2) is 5.94. The van der Waals surface area contributed by atoms with E-state index >= 15 is 0 Å². The number of hydrogen-bond acceptors (Lipinski definition) is 3. The van der Waals surface area contributed by atoms with Gasteiger partial charge in [-0.05, 0) is 46.8 Å². The first-order chi connectivity index (χ1) is 9.23. The van der Waals surface area contributed by atoms with Crippen LogP contribution in [-0.2, 0) is 10.0 Å². The van der Waals surface area contributed by atoms with Crippen LogP contribution < -0.4 is 5.73 Å². The van der Waals surface area contributed by atoms with Gasteiger partial charge in [0.25, 0.3) is 0 Å². The Morgan fingerprint density at radius 3 is 2.40 bits per heavy atom. The van der Waals surface area contributed by atoms with Gasteiger partial charge in [-0.25, -0.2) is 8.42 Å². The molecule has 0 atom stereocenters. The highest BCUT2D eigenvalue weighted by Crippen LogP contribution is 2.38. The molecule has 0 radical (unpaired) electrons. The Hall–Kier alpha value is -0.110. The maximum Gasteiger partial charge on any atom is 0.246 e. The Morgan fingerprint density at radius 2 is 1.95 bits per heavy atom. The molecule has 1 aromatic carbocycles. The Bertz CT molecular complexity index is 590. The van der Waals surface area contributed by atoms with Crippen molar-refractivity contribution in [3.8, 4) is 0 Å². The normalized spacial score (nSPS) is 16.1. The molecular weight excluding hydrogens is 408 g/mol. The number of nitrogens with zero attached hydrogens (tertiary/aromatic N) is 1. The van der Waals surface area contributed by atoms with Gasteiger partial charge in [0, 0.05) is 21.5 Å². The second-order valence-electron chi connectivity index (χ2n) is 5.51. The van der Waals surface area contributed by atoms with Gasteiger partial charge in [0.05, 0.1) is 5.69 Å². The third kappa shape index (κ3) is 3.37. The average Bonchev–Trinajstić information content (AvgIpc) is 3.06. The van der Waals surface area contributed by atoms with E-state index in [1.807, 2.05) is 13.8 Å². The molecule has 0 spiro atoms. The molecule has 4 nitrogen and oxygen atoms in total. The van der Waals surface area contributed by atoms with E-state index in [9.17, 15) is 8.42 Å². The maximum atomic E-state index is 12.9. The van der Waals surface area contributed by atoms with E-state index < -0.39 is 10.0 Å². The SMILES string of the molecule is CC(C)CN(C1CC1)S(=O)(=O)c1c(N)cc(Br)cc1Br. The lowest BCUT2D eigenvalue weighted by molar-refractivity contribution is 0.360. The van der Waals surface area contributed by atoms with E-state index in [0.29, 0.717) is 11.0 Å². The number of halogens is 2. The summed E-state index contributed by atoms with van der Waals surface area (Å²) in [5.74, 6) is 0.279.